The summed E-state index contributed by atoms with van der Waals surface area (Å²) in [4.78, 5) is 39.0. The van der Waals surface area contributed by atoms with Crippen molar-refractivity contribution in [2.75, 3.05) is 13.2 Å². The Morgan fingerprint density at radius 1 is 1.18 bits per heavy atom. The van der Waals surface area contributed by atoms with Gasteiger partial charge in [-0.25, -0.2) is 9.59 Å². The van der Waals surface area contributed by atoms with Crippen LogP contribution in [-0.4, -0.2) is 57.5 Å². The molecule has 162 valence electrons. The molecule has 0 aromatic heterocycles. The minimum atomic E-state index is -1.72. The maximum Gasteiger partial charge on any atom is 0.408 e. The summed E-state index contributed by atoms with van der Waals surface area (Å²) in [6.45, 7) is 9.08. The van der Waals surface area contributed by atoms with Crippen LogP contribution < -0.4 is 5.32 Å². The predicted molar refractivity (Wildman–Crippen MR) is 109 cm³/mol. The van der Waals surface area contributed by atoms with E-state index in [0.29, 0.717) is 25.8 Å². The number of hydrogen-bond donors (Lipinski definition) is 1. The number of alkyl carbamates (subject to hydrolysis) is 1. The molecule has 28 heavy (non-hydrogen) atoms. The zero-order valence-electron chi connectivity index (χ0n) is 16.9. The number of alkyl halides is 3. The van der Waals surface area contributed by atoms with Crippen molar-refractivity contribution in [1.82, 2.24) is 10.2 Å². The van der Waals surface area contributed by atoms with E-state index in [1.165, 1.54) is 4.90 Å². The van der Waals surface area contributed by atoms with Crippen molar-refractivity contribution in [3.8, 4) is 0 Å². The Labute approximate surface area is 181 Å². The molecule has 2 amide bonds. The lowest BCUT2D eigenvalue weighted by molar-refractivity contribution is -0.154. The zero-order valence-corrected chi connectivity index (χ0v) is 19.2. The molecule has 1 N–H and O–H groups in total. The fourth-order valence-electron chi connectivity index (χ4n) is 2.87. The molecule has 0 bridgehead atoms. The molecule has 1 heterocycles. The summed E-state index contributed by atoms with van der Waals surface area (Å²) >= 11 is 16.8. The minimum absolute atomic E-state index is 0.140. The second kappa shape index (κ2) is 10.2. The van der Waals surface area contributed by atoms with E-state index in [9.17, 15) is 14.4 Å². The summed E-state index contributed by atoms with van der Waals surface area (Å²) in [6, 6.07) is -1.58. The van der Waals surface area contributed by atoms with E-state index in [-0.39, 0.29) is 11.8 Å². The smallest absolute Gasteiger partial charge is 0.408 e. The van der Waals surface area contributed by atoms with Crippen LogP contribution in [0.2, 0.25) is 0 Å². The molecule has 0 saturated carbocycles. The highest BCUT2D eigenvalue weighted by Crippen LogP contribution is 2.27. The Morgan fingerprint density at radius 2 is 1.79 bits per heavy atom. The van der Waals surface area contributed by atoms with Crippen LogP contribution >= 0.6 is 34.8 Å². The minimum Gasteiger partial charge on any atom is -0.460 e. The van der Waals surface area contributed by atoms with Gasteiger partial charge >= 0.3 is 12.1 Å². The molecule has 1 aliphatic rings. The van der Waals surface area contributed by atoms with Gasteiger partial charge in [-0.1, -0.05) is 48.7 Å². The first kappa shape index (κ1) is 25.1. The molecule has 0 aromatic carbocycles. The fourth-order valence-corrected chi connectivity index (χ4v) is 3.03. The molecular weight excluding hydrogens is 431 g/mol. The summed E-state index contributed by atoms with van der Waals surface area (Å²) in [6.07, 6.45) is 0.816. The Bertz CT molecular complexity index is 573. The van der Waals surface area contributed by atoms with Gasteiger partial charge in [0.05, 0.1) is 0 Å². The maximum absolute atomic E-state index is 13.1. The van der Waals surface area contributed by atoms with Crippen molar-refractivity contribution in [3.63, 3.8) is 0 Å². The van der Waals surface area contributed by atoms with E-state index in [0.717, 1.165) is 0 Å². The van der Waals surface area contributed by atoms with Crippen molar-refractivity contribution in [2.45, 2.75) is 75.4 Å². The number of rotatable bonds is 6. The van der Waals surface area contributed by atoms with Gasteiger partial charge < -0.3 is 19.7 Å². The van der Waals surface area contributed by atoms with Gasteiger partial charge in [-0.3, -0.25) is 4.79 Å². The van der Waals surface area contributed by atoms with Crippen molar-refractivity contribution in [3.05, 3.63) is 0 Å². The van der Waals surface area contributed by atoms with E-state index in [2.05, 4.69) is 5.32 Å². The van der Waals surface area contributed by atoms with Gasteiger partial charge in [-0.15, -0.1) is 0 Å². The largest absolute Gasteiger partial charge is 0.460 e. The van der Waals surface area contributed by atoms with E-state index in [1.807, 2.05) is 13.8 Å². The van der Waals surface area contributed by atoms with Gasteiger partial charge in [0, 0.05) is 6.54 Å². The molecule has 0 aliphatic carbocycles. The topological polar surface area (TPSA) is 84.9 Å². The summed E-state index contributed by atoms with van der Waals surface area (Å²) in [7, 11) is 0. The Hall–Kier alpha value is -0.920. The number of likely N-dealkylation sites (tertiary alicyclic amines) is 1. The average molecular weight is 460 g/mol. The van der Waals surface area contributed by atoms with E-state index in [1.54, 1.807) is 20.8 Å². The summed E-state index contributed by atoms with van der Waals surface area (Å²) in [5, 5.41) is 2.63. The first-order valence-corrected chi connectivity index (χ1v) is 10.4. The molecule has 1 saturated heterocycles. The third kappa shape index (κ3) is 9.05. The van der Waals surface area contributed by atoms with Crippen LogP contribution in [0.25, 0.3) is 0 Å². The molecule has 1 rings (SSSR count). The SMILES string of the molecule is CC(C)C[C@H](NC(=O)OC(C)(C)C)C(=O)N1CCC[C@H]1C(=O)OCC(Cl)(Cl)Cl. The maximum atomic E-state index is 13.1. The molecule has 7 nitrogen and oxygen atoms in total. The van der Waals surface area contributed by atoms with Crippen LogP contribution in [0, 0.1) is 5.92 Å². The summed E-state index contributed by atoms with van der Waals surface area (Å²) < 4.78 is 8.57. The van der Waals surface area contributed by atoms with Gasteiger partial charge in [0.1, 0.15) is 24.3 Å². The molecule has 0 radical (unpaired) electrons. The lowest BCUT2D eigenvalue weighted by Gasteiger charge is -2.30. The highest BCUT2D eigenvalue weighted by molar-refractivity contribution is 6.67. The molecule has 10 heteroatoms. The number of halogens is 3. The van der Waals surface area contributed by atoms with Crippen LogP contribution in [0.3, 0.4) is 0 Å². The number of carbonyl (C=O) groups excluding carboxylic acids is 3. The second-order valence-electron chi connectivity index (χ2n) is 8.24. The molecule has 0 aromatic rings. The van der Waals surface area contributed by atoms with Crippen LogP contribution in [-0.2, 0) is 19.1 Å². The van der Waals surface area contributed by atoms with E-state index in [4.69, 9.17) is 44.3 Å². The molecule has 1 aliphatic heterocycles. The van der Waals surface area contributed by atoms with Gasteiger partial charge in [-0.05, 0) is 46.0 Å². The molecule has 0 unspecified atom stereocenters. The van der Waals surface area contributed by atoms with Crippen molar-refractivity contribution in [1.29, 1.82) is 0 Å². The van der Waals surface area contributed by atoms with Gasteiger partial charge in [0.2, 0.25) is 9.70 Å². The third-order valence-corrected chi connectivity index (χ3v) is 4.21. The molecule has 2 atom stereocenters. The fraction of sp³-hybridized carbons (Fsp3) is 0.833. The monoisotopic (exact) mass is 458 g/mol. The van der Waals surface area contributed by atoms with Crippen LogP contribution in [0.5, 0.6) is 0 Å². The van der Waals surface area contributed by atoms with Crippen molar-refractivity contribution < 1.29 is 23.9 Å². The van der Waals surface area contributed by atoms with E-state index >= 15 is 0 Å². The lowest BCUT2D eigenvalue weighted by Crippen LogP contribution is -2.53. The predicted octanol–water partition coefficient (Wildman–Crippen LogP) is 3.83. The Kier molecular flexibility index (Phi) is 9.16. The van der Waals surface area contributed by atoms with Crippen LogP contribution in [0.15, 0.2) is 0 Å². The number of esters is 1. The zero-order chi connectivity index (χ0) is 21.7. The second-order valence-corrected chi connectivity index (χ2v) is 10.8. The van der Waals surface area contributed by atoms with Gasteiger partial charge in [-0.2, -0.15) is 0 Å². The van der Waals surface area contributed by atoms with Crippen molar-refractivity contribution >= 4 is 52.8 Å². The molecular formula is C18H29Cl3N2O5. The highest BCUT2D eigenvalue weighted by Gasteiger charge is 2.39. The average Bonchev–Trinajstić information content (AvgIpc) is 2.97. The number of hydrogen-bond acceptors (Lipinski definition) is 5. The molecule has 1 fully saturated rings. The van der Waals surface area contributed by atoms with Crippen LogP contribution in [0.4, 0.5) is 4.79 Å². The van der Waals surface area contributed by atoms with E-state index < -0.39 is 40.1 Å². The Morgan fingerprint density at radius 3 is 2.29 bits per heavy atom. The molecule has 0 spiro atoms. The quantitative estimate of drug-likeness (QED) is 0.482. The summed E-state index contributed by atoms with van der Waals surface area (Å²) in [5.74, 6) is -0.841. The number of amides is 2. The van der Waals surface area contributed by atoms with Crippen LogP contribution in [0.1, 0.15) is 53.9 Å². The standard InChI is InChI=1S/C18H29Cl3N2O5/c1-11(2)9-12(22-16(26)28-17(3,4)5)14(24)23-8-6-7-13(23)15(25)27-10-18(19,20)21/h11-13H,6-10H2,1-5H3,(H,22,26)/t12-,13-/m0/s1. The summed E-state index contributed by atoms with van der Waals surface area (Å²) in [5.41, 5.74) is -0.688. The number of carbonyl (C=O) groups is 3. The third-order valence-electron chi connectivity index (χ3n) is 3.88. The highest BCUT2D eigenvalue weighted by atomic mass is 35.6. The number of ether oxygens (including phenoxy) is 2. The normalized spacial score (nSPS) is 18.8. The first-order valence-electron chi connectivity index (χ1n) is 9.23. The number of nitrogens with zero attached hydrogens (tertiary/aromatic N) is 1. The number of nitrogens with one attached hydrogen (secondary N) is 1. The first-order chi connectivity index (χ1) is 12.7. The Balaban J connectivity index is 2.85. The lowest BCUT2D eigenvalue weighted by atomic mass is 10.0. The van der Waals surface area contributed by atoms with Gasteiger partial charge in [0.15, 0.2) is 0 Å². The van der Waals surface area contributed by atoms with Crippen molar-refractivity contribution in [2.24, 2.45) is 5.92 Å². The van der Waals surface area contributed by atoms with Gasteiger partial charge in [0.25, 0.3) is 0 Å².